The number of hydrogen-bond acceptors (Lipinski definition) is 6. The first-order valence-electron chi connectivity index (χ1n) is 13.5. The van der Waals surface area contributed by atoms with Crippen LogP contribution >= 0.6 is 0 Å². The number of fused-ring (bicyclic) bond motifs is 3. The molecule has 2 aliphatic rings. The van der Waals surface area contributed by atoms with Crippen molar-refractivity contribution in [2.24, 2.45) is 0 Å². The van der Waals surface area contributed by atoms with Gasteiger partial charge in [-0.2, -0.15) is 0 Å². The number of nitrogens with zero attached hydrogens (tertiary/aromatic N) is 1. The summed E-state index contributed by atoms with van der Waals surface area (Å²) in [6.07, 6.45) is -1.04. The van der Waals surface area contributed by atoms with Crippen molar-refractivity contribution in [2.75, 3.05) is 13.2 Å². The molecular formula is C32H34N2O6. The van der Waals surface area contributed by atoms with E-state index in [-0.39, 0.29) is 32.1 Å². The van der Waals surface area contributed by atoms with Crippen LogP contribution < -0.4 is 5.32 Å². The Morgan fingerprint density at radius 2 is 1.45 bits per heavy atom. The van der Waals surface area contributed by atoms with E-state index in [4.69, 9.17) is 14.2 Å². The van der Waals surface area contributed by atoms with Crippen molar-refractivity contribution in [3.8, 4) is 11.1 Å². The van der Waals surface area contributed by atoms with E-state index in [9.17, 15) is 14.4 Å². The summed E-state index contributed by atoms with van der Waals surface area (Å²) in [5, 5.41) is 2.84. The first kappa shape index (κ1) is 27.2. The molecule has 3 aromatic carbocycles. The van der Waals surface area contributed by atoms with Gasteiger partial charge in [0.1, 0.15) is 24.9 Å². The molecule has 2 amide bonds. The zero-order chi connectivity index (χ0) is 28.3. The smallest absolute Gasteiger partial charge is 0.411 e. The minimum Gasteiger partial charge on any atom is -0.459 e. The number of esters is 1. The minimum absolute atomic E-state index is 0.0688. The van der Waals surface area contributed by atoms with Crippen molar-refractivity contribution in [3.63, 3.8) is 0 Å². The second kappa shape index (κ2) is 11.4. The third-order valence-electron chi connectivity index (χ3n) is 7.09. The molecule has 208 valence electrons. The Bertz CT molecular complexity index is 1340. The topological polar surface area (TPSA) is 94.2 Å². The molecule has 40 heavy (non-hydrogen) atoms. The predicted molar refractivity (Wildman–Crippen MR) is 150 cm³/mol. The molecule has 5 rings (SSSR count). The van der Waals surface area contributed by atoms with Crippen molar-refractivity contribution in [2.45, 2.75) is 57.4 Å². The molecule has 1 saturated heterocycles. The number of likely N-dealkylation sites (tertiary alicyclic amines) is 1. The number of amides is 2. The SMILES string of the molecule is CC(C)(C)OC(=O)N1C[C@@H](NC(=O)OCC2c3ccccc3-c3ccccc32)C[C@H]1C(=O)OCc1ccccc1. The molecule has 0 unspecified atom stereocenters. The summed E-state index contributed by atoms with van der Waals surface area (Å²) < 4.78 is 16.7. The van der Waals surface area contributed by atoms with E-state index >= 15 is 0 Å². The fourth-order valence-corrected chi connectivity index (χ4v) is 5.32. The number of carbonyl (C=O) groups is 3. The van der Waals surface area contributed by atoms with Gasteiger partial charge in [-0.3, -0.25) is 4.90 Å². The van der Waals surface area contributed by atoms with Gasteiger partial charge in [0.2, 0.25) is 0 Å². The van der Waals surface area contributed by atoms with Crippen molar-refractivity contribution in [1.29, 1.82) is 0 Å². The standard InChI is InChI=1S/C32H34N2O6/c1-32(2,3)40-31(37)34-18-22(17-28(34)29(35)38-19-21-11-5-4-6-12-21)33-30(36)39-20-27-25-15-9-7-13-23(25)24-14-8-10-16-26(24)27/h4-16,22,27-28H,17-20H2,1-3H3,(H,33,36)/t22-,28-/m0/s1. The molecule has 1 N–H and O–H groups in total. The van der Waals surface area contributed by atoms with Gasteiger partial charge in [0, 0.05) is 18.9 Å². The van der Waals surface area contributed by atoms with Crippen LogP contribution in [-0.4, -0.2) is 53.9 Å². The van der Waals surface area contributed by atoms with Gasteiger partial charge in [0.05, 0.1) is 6.04 Å². The maximum atomic E-state index is 13.0. The van der Waals surface area contributed by atoms with E-state index < -0.39 is 35.8 Å². The second-order valence-corrected chi connectivity index (χ2v) is 11.1. The van der Waals surface area contributed by atoms with Gasteiger partial charge < -0.3 is 19.5 Å². The highest BCUT2D eigenvalue weighted by molar-refractivity contribution is 5.83. The lowest BCUT2D eigenvalue weighted by Gasteiger charge is -2.27. The number of carbonyl (C=O) groups excluding carboxylic acids is 3. The van der Waals surface area contributed by atoms with Crippen LogP contribution in [-0.2, 0) is 25.6 Å². The van der Waals surface area contributed by atoms with Crippen LogP contribution in [0.25, 0.3) is 11.1 Å². The maximum absolute atomic E-state index is 13.0. The summed E-state index contributed by atoms with van der Waals surface area (Å²) in [6.45, 7) is 5.64. The van der Waals surface area contributed by atoms with Gasteiger partial charge in [-0.1, -0.05) is 78.9 Å². The Labute approximate surface area is 234 Å². The monoisotopic (exact) mass is 542 g/mol. The average Bonchev–Trinajstić information content (AvgIpc) is 3.50. The number of rotatable bonds is 6. The van der Waals surface area contributed by atoms with Crippen molar-refractivity contribution in [1.82, 2.24) is 10.2 Å². The van der Waals surface area contributed by atoms with Gasteiger partial charge in [-0.25, -0.2) is 14.4 Å². The molecule has 8 heteroatoms. The molecular weight excluding hydrogens is 508 g/mol. The highest BCUT2D eigenvalue weighted by Gasteiger charge is 2.43. The van der Waals surface area contributed by atoms with Crippen molar-refractivity contribution < 1.29 is 28.6 Å². The van der Waals surface area contributed by atoms with Crippen LogP contribution in [0.1, 0.15) is 49.8 Å². The lowest BCUT2D eigenvalue weighted by atomic mass is 9.98. The molecule has 3 aromatic rings. The average molecular weight is 543 g/mol. The van der Waals surface area contributed by atoms with Crippen LogP contribution in [0.15, 0.2) is 78.9 Å². The summed E-state index contributed by atoms with van der Waals surface area (Å²) >= 11 is 0. The van der Waals surface area contributed by atoms with Gasteiger partial charge in [0.15, 0.2) is 0 Å². The summed E-state index contributed by atoms with van der Waals surface area (Å²) in [5.41, 5.74) is 4.63. The Hall–Kier alpha value is -4.33. The lowest BCUT2D eigenvalue weighted by Crippen LogP contribution is -2.44. The number of hydrogen-bond donors (Lipinski definition) is 1. The molecule has 0 spiro atoms. The van der Waals surface area contributed by atoms with E-state index in [2.05, 4.69) is 29.6 Å². The van der Waals surface area contributed by atoms with Crippen LogP contribution in [0.3, 0.4) is 0 Å². The molecule has 2 atom stereocenters. The third-order valence-corrected chi connectivity index (χ3v) is 7.09. The zero-order valence-electron chi connectivity index (χ0n) is 23.0. The Morgan fingerprint density at radius 3 is 2.08 bits per heavy atom. The summed E-state index contributed by atoms with van der Waals surface area (Å²) in [7, 11) is 0. The number of ether oxygens (including phenoxy) is 3. The highest BCUT2D eigenvalue weighted by Crippen LogP contribution is 2.44. The molecule has 0 aromatic heterocycles. The van der Waals surface area contributed by atoms with Crippen LogP contribution in [0.5, 0.6) is 0 Å². The molecule has 1 fully saturated rings. The lowest BCUT2D eigenvalue weighted by molar-refractivity contribution is -0.150. The molecule has 0 bridgehead atoms. The van der Waals surface area contributed by atoms with Crippen molar-refractivity contribution in [3.05, 3.63) is 95.6 Å². The summed E-state index contributed by atoms with van der Waals surface area (Å²) in [4.78, 5) is 40.2. The number of alkyl carbamates (subject to hydrolysis) is 1. The first-order valence-corrected chi connectivity index (χ1v) is 13.5. The zero-order valence-corrected chi connectivity index (χ0v) is 23.0. The van der Waals surface area contributed by atoms with Crippen LogP contribution in [0.4, 0.5) is 9.59 Å². The van der Waals surface area contributed by atoms with Gasteiger partial charge in [0.25, 0.3) is 0 Å². The Morgan fingerprint density at radius 1 is 0.850 bits per heavy atom. The predicted octanol–water partition coefficient (Wildman–Crippen LogP) is 5.65. The van der Waals surface area contributed by atoms with E-state index in [1.807, 2.05) is 54.6 Å². The summed E-state index contributed by atoms with van der Waals surface area (Å²) in [6, 6.07) is 24.2. The van der Waals surface area contributed by atoms with E-state index in [0.717, 1.165) is 27.8 Å². The number of nitrogens with one attached hydrogen (secondary N) is 1. The minimum atomic E-state index is -0.891. The van der Waals surface area contributed by atoms with Gasteiger partial charge in [-0.15, -0.1) is 0 Å². The highest BCUT2D eigenvalue weighted by atomic mass is 16.6. The quantitative estimate of drug-likeness (QED) is 0.320. The fourth-order valence-electron chi connectivity index (χ4n) is 5.32. The van der Waals surface area contributed by atoms with Crippen LogP contribution in [0, 0.1) is 0 Å². The third kappa shape index (κ3) is 6.11. The van der Waals surface area contributed by atoms with Crippen molar-refractivity contribution >= 4 is 18.2 Å². The molecule has 1 aliphatic carbocycles. The maximum Gasteiger partial charge on any atom is 0.411 e. The Kier molecular flexibility index (Phi) is 7.78. The molecule has 1 aliphatic heterocycles. The van der Waals surface area contributed by atoms with Gasteiger partial charge >= 0.3 is 18.2 Å². The first-order chi connectivity index (χ1) is 19.2. The molecule has 0 saturated carbocycles. The molecule has 8 nitrogen and oxygen atoms in total. The normalized spacial score (nSPS) is 18.0. The molecule has 0 radical (unpaired) electrons. The second-order valence-electron chi connectivity index (χ2n) is 11.1. The van der Waals surface area contributed by atoms with Crippen LogP contribution in [0.2, 0.25) is 0 Å². The van der Waals surface area contributed by atoms with E-state index in [1.165, 1.54) is 4.90 Å². The Balaban J connectivity index is 1.22. The fraction of sp³-hybridized carbons (Fsp3) is 0.344. The largest absolute Gasteiger partial charge is 0.459 e. The van der Waals surface area contributed by atoms with E-state index in [1.54, 1.807) is 20.8 Å². The van der Waals surface area contributed by atoms with Gasteiger partial charge in [-0.05, 0) is 48.6 Å². The molecule has 1 heterocycles. The van der Waals surface area contributed by atoms with E-state index in [0.29, 0.717) is 0 Å². The summed E-state index contributed by atoms with van der Waals surface area (Å²) in [5.74, 6) is -0.618. The number of benzene rings is 3.